The SMILES string of the molecule is CCC1C(=O)OCc2c1cc1n(c2=O)Cc2c-1nc1cc(F)c(C)cc1c2CN1CCC(F)(F)C(CO)C1. The van der Waals surface area contributed by atoms with E-state index in [-0.39, 0.29) is 44.2 Å². The topological polar surface area (TPSA) is 84.7 Å². The number of nitrogens with zero attached hydrogens (tertiary/aromatic N) is 3. The predicted octanol–water partition coefficient (Wildman–Crippen LogP) is 3.87. The summed E-state index contributed by atoms with van der Waals surface area (Å²) in [5.74, 6) is -5.44. The Morgan fingerprint density at radius 1 is 1.21 bits per heavy atom. The Labute approximate surface area is 216 Å². The van der Waals surface area contributed by atoms with Gasteiger partial charge >= 0.3 is 5.97 Å². The molecule has 0 bridgehead atoms. The Morgan fingerprint density at radius 2 is 2.00 bits per heavy atom. The van der Waals surface area contributed by atoms with E-state index in [0.29, 0.717) is 51.9 Å². The van der Waals surface area contributed by atoms with Gasteiger partial charge in [-0.05, 0) is 42.2 Å². The molecule has 3 aliphatic heterocycles. The summed E-state index contributed by atoms with van der Waals surface area (Å²) in [4.78, 5) is 32.6. The minimum atomic E-state index is -2.94. The summed E-state index contributed by atoms with van der Waals surface area (Å²) >= 11 is 0. The summed E-state index contributed by atoms with van der Waals surface area (Å²) in [6.45, 7) is 3.49. The number of aliphatic hydroxyl groups excluding tert-OH is 1. The van der Waals surface area contributed by atoms with Crippen molar-refractivity contribution in [2.24, 2.45) is 5.92 Å². The van der Waals surface area contributed by atoms with Crippen molar-refractivity contribution < 1.29 is 27.8 Å². The van der Waals surface area contributed by atoms with Crippen LogP contribution in [0, 0.1) is 18.7 Å². The molecule has 38 heavy (non-hydrogen) atoms. The molecule has 1 aromatic carbocycles. The summed E-state index contributed by atoms with van der Waals surface area (Å²) in [7, 11) is 0. The van der Waals surface area contributed by atoms with E-state index < -0.39 is 30.2 Å². The highest BCUT2D eigenvalue weighted by molar-refractivity contribution is 5.89. The molecule has 0 amide bonds. The van der Waals surface area contributed by atoms with Gasteiger partial charge < -0.3 is 14.4 Å². The number of alkyl halides is 2. The molecule has 3 aromatic rings. The molecule has 200 valence electrons. The van der Waals surface area contributed by atoms with Crippen LogP contribution in [-0.4, -0.2) is 51.1 Å². The number of cyclic esters (lactones) is 1. The molecule has 7 nitrogen and oxygen atoms in total. The van der Waals surface area contributed by atoms with Crippen molar-refractivity contribution in [1.29, 1.82) is 0 Å². The Balaban J connectivity index is 1.52. The fourth-order valence-electron chi connectivity index (χ4n) is 6.10. The van der Waals surface area contributed by atoms with Crippen LogP contribution in [0.15, 0.2) is 23.0 Å². The molecule has 3 aliphatic rings. The van der Waals surface area contributed by atoms with Gasteiger partial charge in [0, 0.05) is 43.1 Å². The summed E-state index contributed by atoms with van der Waals surface area (Å²) in [5.41, 5.74) is 4.34. The van der Waals surface area contributed by atoms with Gasteiger partial charge in [0.15, 0.2) is 0 Å². The number of likely N-dealkylation sites (tertiary alicyclic amines) is 1. The van der Waals surface area contributed by atoms with Gasteiger partial charge in [-0.25, -0.2) is 18.2 Å². The average molecular weight is 528 g/mol. The number of piperidine rings is 1. The summed E-state index contributed by atoms with van der Waals surface area (Å²) < 4.78 is 50.1. The maximum Gasteiger partial charge on any atom is 0.313 e. The van der Waals surface area contributed by atoms with Crippen molar-refractivity contribution in [3.63, 3.8) is 0 Å². The number of benzene rings is 1. The molecule has 5 heterocycles. The first-order valence-corrected chi connectivity index (χ1v) is 12.9. The van der Waals surface area contributed by atoms with Crippen LogP contribution in [0.25, 0.3) is 22.3 Å². The second-order valence-electron chi connectivity index (χ2n) is 10.6. The van der Waals surface area contributed by atoms with E-state index in [0.717, 1.165) is 11.1 Å². The van der Waals surface area contributed by atoms with Crippen LogP contribution in [-0.2, 0) is 29.2 Å². The maximum atomic E-state index is 14.6. The zero-order chi connectivity index (χ0) is 26.9. The number of aliphatic hydroxyl groups is 1. The van der Waals surface area contributed by atoms with Crippen LogP contribution in [0.3, 0.4) is 0 Å². The number of carbonyl (C=O) groups is 1. The average Bonchev–Trinajstić information content (AvgIpc) is 3.24. The van der Waals surface area contributed by atoms with Crippen LogP contribution < -0.4 is 5.56 Å². The molecule has 2 unspecified atom stereocenters. The Kier molecular flexibility index (Phi) is 5.88. The number of hydrogen-bond donors (Lipinski definition) is 1. The molecule has 6 rings (SSSR count). The number of ether oxygens (including phenoxy) is 1. The van der Waals surface area contributed by atoms with E-state index in [9.17, 15) is 27.9 Å². The lowest BCUT2D eigenvalue weighted by Crippen LogP contribution is -2.48. The lowest BCUT2D eigenvalue weighted by Gasteiger charge is -2.38. The first-order valence-electron chi connectivity index (χ1n) is 12.9. The fraction of sp³-hybridized carbons (Fsp3) is 0.464. The Morgan fingerprint density at radius 3 is 2.74 bits per heavy atom. The molecular weight excluding hydrogens is 499 g/mol. The zero-order valence-corrected chi connectivity index (χ0v) is 21.2. The molecule has 2 atom stereocenters. The largest absolute Gasteiger partial charge is 0.460 e. The Bertz CT molecular complexity index is 1550. The molecule has 0 spiro atoms. The van der Waals surface area contributed by atoms with Crippen LogP contribution in [0.1, 0.15) is 53.5 Å². The normalized spacial score (nSPS) is 22.2. The minimum absolute atomic E-state index is 0.0150. The molecular formula is C28H28F3N3O4. The third-order valence-electron chi connectivity index (χ3n) is 8.34. The number of esters is 1. The monoisotopic (exact) mass is 527 g/mol. The Hall–Kier alpha value is -3.24. The van der Waals surface area contributed by atoms with Crippen molar-refractivity contribution in [3.05, 3.63) is 62.2 Å². The van der Waals surface area contributed by atoms with E-state index >= 15 is 0 Å². The van der Waals surface area contributed by atoms with Gasteiger partial charge in [-0.2, -0.15) is 0 Å². The highest BCUT2D eigenvalue weighted by atomic mass is 19.3. The summed E-state index contributed by atoms with van der Waals surface area (Å²) in [6.07, 6.45) is 0.115. The quantitative estimate of drug-likeness (QED) is 0.406. The maximum absolute atomic E-state index is 14.6. The lowest BCUT2D eigenvalue weighted by atomic mass is 9.90. The van der Waals surface area contributed by atoms with Crippen molar-refractivity contribution >= 4 is 16.9 Å². The fourth-order valence-corrected chi connectivity index (χ4v) is 6.10. The first-order chi connectivity index (χ1) is 18.1. The van der Waals surface area contributed by atoms with Gasteiger partial charge in [0.2, 0.25) is 0 Å². The highest BCUT2D eigenvalue weighted by Gasteiger charge is 2.44. The standard InChI is InChI=1S/C28H28F3N3O4/c1-3-16-17-7-24-25-20(11-34(24)26(36)21(17)13-38-27(16)37)19(18-6-14(2)22(29)8-23(18)32-25)10-33-5-4-28(30,31)15(9-33)12-35/h6-8,15-16,35H,3-5,9-13H2,1-2H3. The lowest BCUT2D eigenvalue weighted by molar-refractivity contribution is -0.148. The summed E-state index contributed by atoms with van der Waals surface area (Å²) in [5, 5.41) is 10.3. The van der Waals surface area contributed by atoms with Crippen molar-refractivity contribution in [2.75, 3.05) is 19.7 Å². The molecule has 1 saturated heterocycles. The number of aryl methyl sites for hydroxylation is 1. The van der Waals surface area contributed by atoms with Gasteiger partial charge in [-0.1, -0.05) is 6.92 Å². The molecule has 0 aliphatic carbocycles. The van der Waals surface area contributed by atoms with Crippen LogP contribution in [0.5, 0.6) is 0 Å². The van der Waals surface area contributed by atoms with Crippen LogP contribution in [0.4, 0.5) is 13.2 Å². The number of pyridine rings is 2. The predicted molar refractivity (Wildman–Crippen MR) is 133 cm³/mol. The second-order valence-corrected chi connectivity index (χ2v) is 10.6. The molecule has 1 fully saturated rings. The molecule has 1 N–H and O–H groups in total. The number of carbonyl (C=O) groups excluding carboxylic acids is 1. The number of aromatic nitrogens is 2. The van der Waals surface area contributed by atoms with E-state index in [2.05, 4.69) is 0 Å². The van der Waals surface area contributed by atoms with E-state index in [1.54, 1.807) is 17.6 Å². The summed E-state index contributed by atoms with van der Waals surface area (Å²) in [6, 6.07) is 4.90. The molecule has 0 radical (unpaired) electrons. The number of fused-ring (bicyclic) bond motifs is 5. The third-order valence-corrected chi connectivity index (χ3v) is 8.34. The number of rotatable bonds is 4. The minimum Gasteiger partial charge on any atom is -0.460 e. The zero-order valence-electron chi connectivity index (χ0n) is 21.2. The smallest absolute Gasteiger partial charge is 0.313 e. The van der Waals surface area contributed by atoms with Crippen molar-refractivity contribution in [2.45, 2.75) is 58.2 Å². The van der Waals surface area contributed by atoms with Gasteiger partial charge in [0.1, 0.15) is 12.4 Å². The highest BCUT2D eigenvalue weighted by Crippen LogP contribution is 2.41. The van der Waals surface area contributed by atoms with E-state index in [4.69, 9.17) is 9.72 Å². The van der Waals surface area contributed by atoms with E-state index in [1.165, 1.54) is 6.07 Å². The van der Waals surface area contributed by atoms with Gasteiger partial charge in [0.25, 0.3) is 11.5 Å². The third kappa shape index (κ3) is 3.76. The van der Waals surface area contributed by atoms with Gasteiger partial charge in [-0.3, -0.25) is 14.5 Å². The first kappa shape index (κ1) is 25.1. The molecule has 0 saturated carbocycles. The van der Waals surface area contributed by atoms with Crippen molar-refractivity contribution in [1.82, 2.24) is 14.5 Å². The van der Waals surface area contributed by atoms with Crippen molar-refractivity contribution in [3.8, 4) is 11.4 Å². The van der Waals surface area contributed by atoms with Gasteiger partial charge in [-0.15, -0.1) is 0 Å². The van der Waals surface area contributed by atoms with Crippen LogP contribution in [0.2, 0.25) is 0 Å². The van der Waals surface area contributed by atoms with Gasteiger partial charge in [0.05, 0.1) is 47.5 Å². The van der Waals surface area contributed by atoms with E-state index in [1.807, 2.05) is 17.9 Å². The second kappa shape index (κ2) is 8.91. The molecule has 2 aromatic heterocycles. The number of hydrogen-bond acceptors (Lipinski definition) is 6. The molecule has 10 heteroatoms. The number of halogens is 3. The van der Waals surface area contributed by atoms with Crippen LogP contribution >= 0.6 is 0 Å².